The first kappa shape index (κ1) is 11.4. The van der Waals surface area contributed by atoms with E-state index in [9.17, 15) is 9.59 Å². The molecule has 4 nitrogen and oxygen atoms in total. The van der Waals surface area contributed by atoms with Gasteiger partial charge >= 0.3 is 6.03 Å². The van der Waals surface area contributed by atoms with E-state index in [0.717, 1.165) is 11.1 Å². The molecule has 1 aliphatic heterocycles. The van der Waals surface area contributed by atoms with Gasteiger partial charge in [-0.05, 0) is 17.6 Å². The van der Waals surface area contributed by atoms with Gasteiger partial charge in [-0.3, -0.25) is 10.1 Å². The first-order chi connectivity index (χ1) is 8.20. The summed E-state index contributed by atoms with van der Waals surface area (Å²) in [4.78, 5) is 22.6. The molecular formula is C13H14N2O2. The Morgan fingerprint density at radius 2 is 2.00 bits per heavy atom. The first-order valence-electron chi connectivity index (χ1n) is 5.57. The van der Waals surface area contributed by atoms with Gasteiger partial charge < -0.3 is 5.32 Å². The Hall–Kier alpha value is -2.10. The highest BCUT2D eigenvalue weighted by Crippen LogP contribution is 2.15. The van der Waals surface area contributed by atoms with Gasteiger partial charge in [-0.1, -0.05) is 43.3 Å². The normalized spacial score (nSPS) is 20.1. The van der Waals surface area contributed by atoms with Crippen molar-refractivity contribution in [1.82, 2.24) is 10.6 Å². The van der Waals surface area contributed by atoms with Crippen LogP contribution in [0.25, 0.3) is 6.08 Å². The lowest BCUT2D eigenvalue weighted by Crippen LogP contribution is -2.30. The molecular weight excluding hydrogens is 216 g/mol. The summed E-state index contributed by atoms with van der Waals surface area (Å²) in [6, 6.07) is 8.78. The van der Waals surface area contributed by atoms with Crippen molar-refractivity contribution in [3.8, 4) is 0 Å². The van der Waals surface area contributed by atoms with Crippen molar-refractivity contribution in [2.45, 2.75) is 19.4 Å². The number of urea groups is 1. The second-order valence-electron chi connectivity index (χ2n) is 3.88. The number of hydrogen-bond acceptors (Lipinski definition) is 2. The van der Waals surface area contributed by atoms with Crippen molar-refractivity contribution in [3.05, 3.63) is 41.5 Å². The fourth-order valence-corrected chi connectivity index (χ4v) is 1.83. The minimum absolute atomic E-state index is 0.279. The summed E-state index contributed by atoms with van der Waals surface area (Å²) in [5, 5.41) is 4.84. The molecule has 88 valence electrons. The van der Waals surface area contributed by atoms with Crippen LogP contribution >= 0.6 is 0 Å². The zero-order chi connectivity index (χ0) is 12.3. The van der Waals surface area contributed by atoms with Crippen molar-refractivity contribution >= 4 is 18.0 Å². The average molecular weight is 230 g/mol. The second-order valence-corrected chi connectivity index (χ2v) is 3.88. The number of amides is 3. The fraction of sp³-hybridized carbons (Fsp3) is 0.231. The third-order valence-electron chi connectivity index (χ3n) is 2.71. The molecule has 1 aromatic rings. The van der Waals surface area contributed by atoms with Gasteiger partial charge in [0.05, 0.1) is 0 Å². The van der Waals surface area contributed by atoms with Gasteiger partial charge in [-0.2, -0.15) is 0 Å². The SMILES string of the molecule is CC/C(=C\c1ccccc1)[C@@H]1NC(=O)NC1=O. The van der Waals surface area contributed by atoms with Gasteiger partial charge in [0.15, 0.2) is 0 Å². The molecule has 0 unspecified atom stereocenters. The third kappa shape index (κ3) is 2.53. The van der Waals surface area contributed by atoms with E-state index in [-0.39, 0.29) is 5.91 Å². The number of hydrogen-bond donors (Lipinski definition) is 2. The van der Waals surface area contributed by atoms with Crippen molar-refractivity contribution < 1.29 is 9.59 Å². The van der Waals surface area contributed by atoms with Crippen LogP contribution in [0.5, 0.6) is 0 Å². The number of imide groups is 1. The molecule has 4 heteroatoms. The minimum Gasteiger partial charge on any atom is -0.322 e. The van der Waals surface area contributed by atoms with Gasteiger partial charge in [0.25, 0.3) is 5.91 Å². The Morgan fingerprint density at radius 3 is 2.53 bits per heavy atom. The van der Waals surface area contributed by atoms with Crippen molar-refractivity contribution in [2.24, 2.45) is 0 Å². The van der Waals surface area contributed by atoms with Crippen molar-refractivity contribution in [3.63, 3.8) is 0 Å². The highest BCUT2D eigenvalue weighted by molar-refractivity contribution is 6.06. The van der Waals surface area contributed by atoms with Crippen LogP contribution in [0.4, 0.5) is 4.79 Å². The monoisotopic (exact) mass is 230 g/mol. The molecule has 0 aromatic heterocycles. The maximum Gasteiger partial charge on any atom is 0.322 e. The number of rotatable bonds is 3. The molecule has 1 aliphatic rings. The lowest BCUT2D eigenvalue weighted by atomic mass is 10.0. The molecule has 1 saturated heterocycles. The largest absolute Gasteiger partial charge is 0.322 e. The predicted molar refractivity (Wildman–Crippen MR) is 65.2 cm³/mol. The molecule has 17 heavy (non-hydrogen) atoms. The van der Waals surface area contributed by atoms with E-state index >= 15 is 0 Å². The predicted octanol–water partition coefficient (Wildman–Crippen LogP) is 1.69. The summed E-state index contributed by atoms with van der Waals surface area (Å²) in [7, 11) is 0. The standard InChI is InChI=1S/C13H14N2O2/c1-2-10(8-9-6-4-3-5-7-9)11-12(16)15-13(17)14-11/h3-8,11H,2H2,1H3,(H2,14,15,16,17)/b10-8+/t11-/m0/s1. The Morgan fingerprint density at radius 1 is 1.29 bits per heavy atom. The summed E-state index contributed by atoms with van der Waals surface area (Å²) in [6.07, 6.45) is 2.66. The number of benzene rings is 1. The number of carbonyl (C=O) groups excluding carboxylic acids is 2. The van der Waals surface area contributed by atoms with Crippen LogP contribution in [0.2, 0.25) is 0 Å². The summed E-state index contributed by atoms with van der Waals surface area (Å²) in [5.41, 5.74) is 1.93. The van der Waals surface area contributed by atoms with Gasteiger partial charge in [0.2, 0.25) is 0 Å². The zero-order valence-electron chi connectivity index (χ0n) is 9.57. The van der Waals surface area contributed by atoms with E-state index < -0.39 is 12.1 Å². The summed E-state index contributed by atoms with van der Waals surface area (Å²) in [6.45, 7) is 1.96. The molecule has 0 saturated carbocycles. The Kier molecular flexibility index (Phi) is 3.23. The van der Waals surface area contributed by atoms with Crippen LogP contribution in [0.1, 0.15) is 18.9 Å². The molecule has 2 rings (SSSR count). The summed E-state index contributed by atoms with van der Waals surface area (Å²) in [5.74, 6) is -0.279. The van der Waals surface area contributed by atoms with E-state index in [1.165, 1.54) is 0 Å². The van der Waals surface area contributed by atoms with Crippen LogP contribution in [-0.4, -0.2) is 18.0 Å². The maximum absolute atomic E-state index is 11.5. The van der Waals surface area contributed by atoms with Gasteiger partial charge in [-0.25, -0.2) is 4.79 Å². The van der Waals surface area contributed by atoms with Crippen LogP contribution in [-0.2, 0) is 4.79 Å². The van der Waals surface area contributed by atoms with Crippen LogP contribution < -0.4 is 10.6 Å². The molecule has 0 spiro atoms. The smallest absolute Gasteiger partial charge is 0.322 e. The van der Waals surface area contributed by atoms with E-state index in [1.54, 1.807) is 0 Å². The molecule has 2 N–H and O–H groups in total. The molecule has 0 bridgehead atoms. The quantitative estimate of drug-likeness (QED) is 0.776. The summed E-state index contributed by atoms with van der Waals surface area (Å²) < 4.78 is 0. The maximum atomic E-state index is 11.5. The molecule has 1 atom stereocenters. The molecule has 3 amide bonds. The molecule has 1 heterocycles. The zero-order valence-corrected chi connectivity index (χ0v) is 9.57. The van der Waals surface area contributed by atoms with E-state index in [4.69, 9.17) is 0 Å². The Bertz CT molecular complexity index is 466. The second kappa shape index (κ2) is 4.82. The lowest BCUT2D eigenvalue weighted by Gasteiger charge is -2.10. The van der Waals surface area contributed by atoms with Gasteiger partial charge in [0, 0.05) is 0 Å². The Labute approximate surface area is 99.7 Å². The third-order valence-corrected chi connectivity index (χ3v) is 2.71. The van der Waals surface area contributed by atoms with Crippen LogP contribution in [0, 0.1) is 0 Å². The lowest BCUT2D eigenvalue weighted by molar-refractivity contribution is -0.119. The van der Waals surface area contributed by atoms with Crippen molar-refractivity contribution in [2.75, 3.05) is 0 Å². The molecule has 0 radical (unpaired) electrons. The van der Waals surface area contributed by atoms with Gasteiger partial charge in [0.1, 0.15) is 6.04 Å². The highest BCUT2D eigenvalue weighted by Gasteiger charge is 2.31. The fourth-order valence-electron chi connectivity index (χ4n) is 1.83. The van der Waals surface area contributed by atoms with E-state index in [0.29, 0.717) is 6.42 Å². The minimum atomic E-state index is -0.535. The molecule has 1 aromatic carbocycles. The Balaban J connectivity index is 2.25. The highest BCUT2D eigenvalue weighted by atomic mass is 16.2. The molecule has 0 aliphatic carbocycles. The average Bonchev–Trinajstić information content (AvgIpc) is 2.67. The van der Waals surface area contributed by atoms with E-state index in [1.807, 2.05) is 43.3 Å². The number of carbonyl (C=O) groups is 2. The van der Waals surface area contributed by atoms with E-state index in [2.05, 4.69) is 10.6 Å². The van der Waals surface area contributed by atoms with Crippen LogP contribution in [0.3, 0.4) is 0 Å². The van der Waals surface area contributed by atoms with Gasteiger partial charge in [-0.15, -0.1) is 0 Å². The number of nitrogens with one attached hydrogen (secondary N) is 2. The van der Waals surface area contributed by atoms with Crippen LogP contribution in [0.15, 0.2) is 35.9 Å². The first-order valence-corrected chi connectivity index (χ1v) is 5.57. The summed E-state index contributed by atoms with van der Waals surface area (Å²) >= 11 is 0. The topological polar surface area (TPSA) is 58.2 Å². The van der Waals surface area contributed by atoms with Crippen molar-refractivity contribution in [1.29, 1.82) is 0 Å². The molecule has 1 fully saturated rings.